The molecule has 0 unspecified atom stereocenters. The standard InChI is InChI=1S/C19H24N2O5S/c1-6-26-19(23)17-13(3)18(20-14(17)4)16(22)11-21(5)27(24,25)15-9-7-12(2)8-10-15/h7-10,20H,6,11H2,1-5H3. The van der Waals surface area contributed by atoms with Crippen LogP contribution >= 0.6 is 0 Å². The van der Waals surface area contributed by atoms with Gasteiger partial charge in [-0.3, -0.25) is 4.79 Å². The van der Waals surface area contributed by atoms with Crippen molar-refractivity contribution in [3.8, 4) is 0 Å². The molecule has 27 heavy (non-hydrogen) atoms. The second-order valence-electron chi connectivity index (χ2n) is 6.34. The predicted octanol–water partition coefficient (Wildman–Crippen LogP) is 2.62. The molecular formula is C19H24N2O5S. The minimum atomic E-state index is -3.79. The topological polar surface area (TPSA) is 96.5 Å². The number of nitrogens with zero attached hydrogens (tertiary/aromatic N) is 1. The van der Waals surface area contributed by atoms with E-state index in [2.05, 4.69) is 4.98 Å². The van der Waals surface area contributed by atoms with Crippen LogP contribution in [0.15, 0.2) is 29.2 Å². The number of hydrogen-bond acceptors (Lipinski definition) is 5. The fourth-order valence-corrected chi connectivity index (χ4v) is 3.92. The van der Waals surface area contributed by atoms with Gasteiger partial charge in [0.05, 0.1) is 29.3 Å². The van der Waals surface area contributed by atoms with Crippen molar-refractivity contribution in [3.05, 3.63) is 52.3 Å². The van der Waals surface area contributed by atoms with Crippen molar-refractivity contribution in [2.24, 2.45) is 0 Å². The lowest BCUT2D eigenvalue weighted by Crippen LogP contribution is -2.32. The smallest absolute Gasteiger partial charge is 0.340 e. The van der Waals surface area contributed by atoms with Gasteiger partial charge in [0.15, 0.2) is 5.78 Å². The molecule has 2 aromatic rings. The maximum atomic E-state index is 12.7. The quantitative estimate of drug-likeness (QED) is 0.577. The number of carbonyl (C=O) groups is 2. The molecule has 1 heterocycles. The number of aromatic amines is 1. The van der Waals surface area contributed by atoms with Crippen LogP contribution in [0, 0.1) is 20.8 Å². The van der Waals surface area contributed by atoms with Gasteiger partial charge in [-0.25, -0.2) is 13.2 Å². The molecule has 0 radical (unpaired) electrons. The van der Waals surface area contributed by atoms with Crippen LogP contribution < -0.4 is 0 Å². The van der Waals surface area contributed by atoms with E-state index in [4.69, 9.17) is 4.74 Å². The Morgan fingerprint density at radius 3 is 2.26 bits per heavy atom. The number of likely N-dealkylation sites (N-methyl/N-ethyl adjacent to an activating group) is 1. The molecular weight excluding hydrogens is 368 g/mol. The molecule has 1 aromatic heterocycles. The molecule has 1 N–H and O–H groups in total. The van der Waals surface area contributed by atoms with Gasteiger partial charge >= 0.3 is 5.97 Å². The lowest BCUT2D eigenvalue weighted by atomic mass is 10.1. The van der Waals surface area contributed by atoms with E-state index in [1.165, 1.54) is 19.2 Å². The zero-order chi connectivity index (χ0) is 20.4. The number of ketones is 1. The molecule has 0 spiro atoms. The summed E-state index contributed by atoms with van der Waals surface area (Å²) in [5.74, 6) is -0.937. The Morgan fingerprint density at radius 1 is 1.11 bits per heavy atom. The summed E-state index contributed by atoms with van der Waals surface area (Å²) in [6.07, 6.45) is 0. The van der Waals surface area contributed by atoms with Gasteiger partial charge in [0, 0.05) is 12.7 Å². The van der Waals surface area contributed by atoms with Crippen molar-refractivity contribution < 1.29 is 22.7 Å². The van der Waals surface area contributed by atoms with Crippen LogP contribution in [-0.4, -0.2) is 49.7 Å². The van der Waals surface area contributed by atoms with Gasteiger partial charge in [-0.05, 0) is 45.4 Å². The number of carbonyl (C=O) groups excluding carboxylic acids is 2. The van der Waals surface area contributed by atoms with Crippen LogP contribution in [0.2, 0.25) is 0 Å². The second kappa shape index (κ2) is 8.06. The van der Waals surface area contributed by atoms with E-state index < -0.39 is 21.8 Å². The Morgan fingerprint density at radius 2 is 1.70 bits per heavy atom. The number of esters is 1. The third-order valence-electron chi connectivity index (χ3n) is 4.29. The molecule has 2 rings (SSSR count). The molecule has 1 aromatic carbocycles. The monoisotopic (exact) mass is 392 g/mol. The van der Waals surface area contributed by atoms with Crippen molar-refractivity contribution in [3.63, 3.8) is 0 Å². The fourth-order valence-electron chi connectivity index (χ4n) is 2.79. The van der Waals surface area contributed by atoms with E-state index in [9.17, 15) is 18.0 Å². The zero-order valence-corrected chi connectivity index (χ0v) is 16.9. The Kier molecular flexibility index (Phi) is 6.22. The highest BCUT2D eigenvalue weighted by molar-refractivity contribution is 7.89. The van der Waals surface area contributed by atoms with Crippen LogP contribution in [0.25, 0.3) is 0 Å². The Balaban J connectivity index is 2.25. The van der Waals surface area contributed by atoms with E-state index in [0.717, 1.165) is 9.87 Å². The number of hydrogen-bond donors (Lipinski definition) is 1. The van der Waals surface area contributed by atoms with Crippen molar-refractivity contribution in [1.29, 1.82) is 0 Å². The number of sulfonamides is 1. The van der Waals surface area contributed by atoms with Gasteiger partial charge in [0.2, 0.25) is 10.0 Å². The van der Waals surface area contributed by atoms with Gasteiger partial charge < -0.3 is 9.72 Å². The molecule has 7 nitrogen and oxygen atoms in total. The number of nitrogens with one attached hydrogen (secondary N) is 1. The number of ether oxygens (including phenoxy) is 1. The third-order valence-corrected chi connectivity index (χ3v) is 6.11. The van der Waals surface area contributed by atoms with Crippen LogP contribution in [0.1, 0.15) is 44.6 Å². The minimum absolute atomic E-state index is 0.120. The molecule has 0 amide bonds. The number of H-pyrrole nitrogens is 1. The summed E-state index contributed by atoms with van der Waals surface area (Å²) in [4.78, 5) is 27.7. The normalized spacial score (nSPS) is 11.6. The average Bonchev–Trinajstić information content (AvgIpc) is 2.90. The molecule has 0 fully saturated rings. The SMILES string of the molecule is CCOC(=O)c1c(C)[nH]c(C(=O)CN(C)S(=O)(=O)c2ccc(C)cc2)c1C. The van der Waals surface area contributed by atoms with E-state index in [1.54, 1.807) is 32.9 Å². The van der Waals surface area contributed by atoms with E-state index in [1.807, 2.05) is 6.92 Å². The molecule has 0 aliphatic heterocycles. The highest BCUT2D eigenvalue weighted by Gasteiger charge is 2.27. The number of aryl methyl sites for hydroxylation is 2. The summed E-state index contributed by atoms with van der Waals surface area (Å²) in [7, 11) is -2.44. The zero-order valence-electron chi connectivity index (χ0n) is 16.1. The van der Waals surface area contributed by atoms with Crippen molar-refractivity contribution in [1.82, 2.24) is 9.29 Å². The first-order chi connectivity index (χ1) is 12.6. The lowest BCUT2D eigenvalue weighted by molar-refractivity contribution is 0.0525. The first kappa shape index (κ1) is 20.9. The van der Waals surface area contributed by atoms with Crippen LogP contribution in [0.3, 0.4) is 0 Å². The molecule has 146 valence electrons. The lowest BCUT2D eigenvalue weighted by Gasteiger charge is -2.16. The Labute approximate surface area is 159 Å². The molecule has 0 bridgehead atoms. The predicted molar refractivity (Wildman–Crippen MR) is 102 cm³/mol. The first-order valence-electron chi connectivity index (χ1n) is 8.52. The summed E-state index contributed by atoms with van der Waals surface area (Å²) in [5.41, 5.74) is 2.43. The summed E-state index contributed by atoms with van der Waals surface area (Å²) in [5, 5.41) is 0. The van der Waals surface area contributed by atoms with Crippen molar-refractivity contribution in [2.75, 3.05) is 20.2 Å². The number of Topliss-reactive ketones (excluding diaryl/α,β-unsaturated/α-hetero) is 1. The van der Waals surface area contributed by atoms with Crippen LogP contribution in [0.5, 0.6) is 0 Å². The van der Waals surface area contributed by atoms with Gasteiger partial charge in [-0.2, -0.15) is 4.31 Å². The highest BCUT2D eigenvalue weighted by Crippen LogP contribution is 2.21. The maximum absolute atomic E-state index is 12.7. The van der Waals surface area contributed by atoms with Gasteiger partial charge in [0.25, 0.3) is 0 Å². The molecule has 0 aliphatic rings. The largest absolute Gasteiger partial charge is 0.462 e. The molecule has 8 heteroatoms. The van der Waals surface area contributed by atoms with E-state index in [0.29, 0.717) is 16.8 Å². The van der Waals surface area contributed by atoms with Gasteiger partial charge in [-0.15, -0.1) is 0 Å². The van der Waals surface area contributed by atoms with Gasteiger partial charge in [0.1, 0.15) is 0 Å². The van der Waals surface area contributed by atoms with Crippen LogP contribution in [0.4, 0.5) is 0 Å². The number of rotatable bonds is 7. The van der Waals surface area contributed by atoms with E-state index >= 15 is 0 Å². The second-order valence-corrected chi connectivity index (χ2v) is 8.39. The first-order valence-corrected chi connectivity index (χ1v) is 9.96. The summed E-state index contributed by atoms with van der Waals surface area (Å²) < 4.78 is 31.3. The Bertz CT molecular complexity index is 959. The molecule has 0 atom stereocenters. The summed E-state index contributed by atoms with van der Waals surface area (Å²) >= 11 is 0. The fraction of sp³-hybridized carbons (Fsp3) is 0.368. The van der Waals surface area contributed by atoms with E-state index in [-0.39, 0.29) is 23.7 Å². The Hall–Kier alpha value is -2.45. The van der Waals surface area contributed by atoms with Crippen LogP contribution in [-0.2, 0) is 14.8 Å². The molecule has 0 aliphatic carbocycles. The van der Waals surface area contributed by atoms with Crippen molar-refractivity contribution >= 4 is 21.8 Å². The molecule has 0 saturated carbocycles. The number of aromatic nitrogens is 1. The van der Waals surface area contributed by atoms with Gasteiger partial charge in [-0.1, -0.05) is 17.7 Å². The third kappa shape index (κ3) is 4.28. The number of benzene rings is 1. The van der Waals surface area contributed by atoms with Crippen molar-refractivity contribution in [2.45, 2.75) is 32.6 Å². The average molecular weight is 392 g/mol. The maximum Gasteiger partial charge on any atom is 0.340 e. The molecule has 0 saturated heterocycles. The highest BCUT2D eigenvalue weighted by atomic mass is 32.2. The summed E-state index contributed by atoms with van der Waals surface area (Å²) in [6, 6.07) is 6.42. The minimum Gasteiger partial charge on any atom is -0.462 e. The summed E-state index contributed by atoms with van der Waals surface area (Å²) in [6.45, 7) is 6.75.